The number of rotatable bonds is 9. The Kier molecular flexibility index (Phi) is 9.38. The van der Waals surface area contributed by atoms with E-state index < -0.39 is 11.9 Å². The minimum Gasteiger partial charge on any atom is -0.377 e. The van der Waals surface area contributed by atoms with Crippen LogP contribution in [0.4, 0.5) is 19.0 Å². The quantitative estimate of drug-likeness (QED) is 0.451. The third-order valence-electron chi connectivity index (χ3n) is 8.40. The minimum atomic E-state index is -4.57. The Morgan fingerprint density at radius 3 is 2.50 bits per heavy atom. The maximum atomic E-state index is 13.5. The highest BCUT2D eigenvalue weighted by Crippen LogP contribution is 2.46. The van der Waals surface area contributed by atoms with Gasteiger partial charge in [-0.2, -0.15) is 13.2 Å². The van der Waals surface area contributed by atoms with Gasteiger partial charge in [0.1, 0.15) is 11.5 Å². The lowest BCUT2D eigenvalue weighted by atomic mass is 9.76. The molecule has 1 spiro atoms. The number of ether oxygens (including phenoxy) is 2. The van der Waals surface area contributed by atoms with E-state index in [-0.39, 0.29) is 35.4 Å². The molecule has 3 aliphatic rings. The number of halogens is 3. The summed E-state index contributed by atoms with van der Waals surface area (Å²) in [6.45, 7) is 11.7. The second-order valence-electron chi connectivity index (χ2n) is 11.4. The molecule has 1 saturated carbocycles. The van der Waals surface area contributed by atoms with E-state index in [9.17, 15) is 18.0 Å². The van der Waals surface area contributed by atoms with Crippen LogP contribution in [0.15, 0.2) is 18.2 Å². The summed E-state index contributed by atoms with van der Waals surface area (Å²) in [4.78, 5) is 23.5. The van der Waals surface area contributed by atoms with Crippen LogP contribution in [0.25, 0.3) is 0 Å². The molecule has 3 fully saturated rings. The Morgan fingerprint density at radius 1 is 1.16 bits per heavy atom. The lowest BCUT2D eigenvalue weighted by molar-refractivity contribution is -0.142. The van der Waals surface area contributed by atoms with E-state index in [0.29, 0.717) is 19.8 Å². The fourth-order valence-corrected chi connectivity index (χ4v) is 6.42. The second kappa shape index (κ2) is 12.2. The average Bonchev–Trinajstić information content (AvgIpc) is 3.33. The van der Waals surface area contributed by atoms with Crippen molar-refractivity contribution in [3.8, 4) is 0 Å². The molecule has 214 valence electrons. The van der Waals surface area contributed by atoms with Gasteiger partial charge in [0.2, 0.25) is 5.91 Å². The SMILES string of the molecule is CCC(=O)N(CC1(N2CCN(CCOC(C)C)CC2)CCOC2(CCCC2)C1)c1cccc(C(F)(F)F)n1. The van der Waals surface area contributed by atoms with Crippen LogP contribution in [0.3, 0.4) is 0 Å². The molecule has 4 rings (SSSR count). The van der Waals surface area contributed by atoms with E-state index in [4.69, 9.17) is 9.47 Å². The Balaban J connectivity index is 1.60. The molecule has 0 radical (unpaired) electrons. The summed E-state index contributed by atoms with van der Waals surface area (Å²) < 4.78 is 52.6. The maximum absolute atomic E-state index is 13.5. The van der Waals surface area contributed by atoms with Crippen molar-refractivity contribution < 1.29 is 27.4 Å². The van der Waals surface area contributed by atoms with Crippen molar-refractivity contribution in [2.24, 2.45) is 0 Å². The van der Waals surface area contributed by atoms with E-state index in [0.717, 1.165) is 77.3 Å². The van der Waals surface area contributed by atoms with Gasteiger partial charge < -0.3 is 9.47 Å². The fraction of sp³-hybridized carbons (Fsp3) is 0.786. The Morgan fingerprint density at radius 2 is 1.87 bits per heavy atom. The number of carbonyl (C=O) groups excluding carboxylic acids is 1. The van der Waals surface area contributed by atoms with Gasteiger partial charge in [-0.05, 0) is 51.7 Å². The number of pyridine rings is 1. The summed E-state index contributed by atoms with van der Waals surface area (Å²) in [6.07, 6.45) is 1.56. The highest BCUT2D eigenvalue weighted by molar-refractivity contribution is 5.92. The highest BCUT2D eigenvalue weighted by atomic mass is 19.4. The number of amides is 1. The molecule has 7 nitrogen and oxygen atoms in total. The fourth-order valence-electron chi connectivity index (χ4n) is 6.42. The van der Waals surface area contributed by atoms with Gasteiger partial charge >= 0.3 is 6.18 Å². The third kappa shape index (κ3) is 6.87. The summed E-state index contributed by atoms with van der Waals surface area (Å²) in [7, 11) is 0. The van der Waals surface area contributed by atoms with Crippen LogP contribution < -0.4 is 4.90 Å². The van der Waals surface area contributed by atoms with Gasteiger partial charge in [-0.25, -0.2) is 4.98 Å². The van der Waals surface area contributed by atoms with Gasteiger partial charge in [0, 0.05) is 57.8 Å². The van der Waals surface area contributed by atoms with E-state index in [1.165, 1.54) is 17.0 Å². The largest absolute Gasteiger partial charge is 0.433 e. The zero-order valence-corrected chi connectivity index (χ0v) is 23.1. The van der Waals surface area contributed by atoms with Crippen LogP contribution in [-0.2, 0) is 20.4 Å². The van der Waals surface area contributed by atoms with E-state index >= 15 is 0 Å². The molecule has 38 heavy (non-hydrogen) atoms. The number of aromatic nitrogens is 1. The van der Waals surface area contributed by atoms with Crippen LogP contribution in [0.2, 0.25) is 0 Å². The lowest BCUT2D eigenvalue weighted by Crippen LogP contribution is -2.66. The summed E-state index contributed by atoms with van der Waals surface area (Å²) in [5.74, 6) is -0.143. The number of nitrogens with zero attached hydrogens (tertiary/aromatic N) is 4. The number of hydrogen-bond donors (Lipinski definition) is 0. The predicted molar refractivity (Wildman–Crippen MR) is 140 cm³/mol. The standard InChI is InChI=1S/C28H43F3N4O3/c1-4-25(36)35(24-9-7-8-23(32-24)28(29,30)31)21-26(12-18-38-27(20-26)10-5-6-11-27)34-15-13-33(14-16-34)17-19-37-22(2)3/h7-9,22H,4-6,10-21H2,1-3H3. The molecule has 0 aromatic carbocycles. The molecule has 3 heterocycles. The maximum Gasteiger partial charge on any atom is 0.433 e. The van der Waals surface area contributed by atoms with Crippen molar-refractivity contribution in [3.63, 3.8) is 0 Å². The van der Waals surface area contributed by atoms with Crippen LogP contribution in [0.5, 0.6) is 0 Å². The number of alkyl halides is 3. The second-order valence-corrected chi connectivity index (χ2v) is 11.4. The summed E-state index contributed by atoms with van der Waals surface area (Å²) in [5, 5.41) is 0. The van der Waals surface area contributed by atoms with Crippen molar-refractivity contribution in [3.05, 3.63) is 23.9 Å². The van der Waals surface area contributed by atoms with Crippen molar-refractivity contribution >= 4 is 11.7 Å². The van der Waals surface area contributed by atoms with Gasteiger partial charge in [-0.15, -0.1) is 0 Å². The first kappa shape index (κ1) is 29.2. The zero-order valence-electron chi connectivity index (χ0n) is 23.1. The van der Waals surface area contributed by atoms with Crippen molar-refractivity contribution in [1.82, 2.24) is 14.8 Å². The first-order valence-corrected chi connectivity index (χ1v) is 14.1. The molecule has 0 bridgehead atoms. The molecule has 10 heteroatoms. The molecule has 1 unspecified atom stereocenters. The minimum absolute atomic E-state index is 0.0717. The van der Waals surface area contributed by atoms with E-state index in [2.05, 4.69) is 14.8 Å². The molecular weight excluding hydrogens is 497 g/mol. The molecule has 2 saturated heterocycles. The number of piperazine rings is 1. The smallest absolute Gasteiger partial charge is 0.377 e. The third-order valence-corrected chi connectivity index (χ3v) is 8.40. The first-order chi connectivity index (χ1) is 18.1. The summed E-state index contributed by atoms with van der Waals surface area (Å²) >= 11 is 0. The van der Waals surface area contributed by atoms with Crippen LogP contribution >= 0.6 is 0 Å². The van der Waals surface area contributed by atoms with Crippen molar-refractivity contribution in [2.75, 3.05) is 57.4 Å². The molecule has 1 aromatic rings. The Labute approximate surface area is 224 Å². The van der Waals surface area contributed by atoms with Crippen LogP contribution in [-0.4, -0.2) is 90.4 Å². The highest BCUT2D eigenvalue weighted by Gasteiger charge is 2.51. The zero-order chi connectivity index (χ0) is 27.4. The Hall–Kier alpha value is -1.75. The number of hydrogen-bond acceptors (Lipinski definition) is 6. The predicted octanol–water partition coefficient (Wildman–Crippen LogP) is 4.75. The van der Waals surface area contributed by atoms with Crippen LogP contribution in [0.1, 0.15) is 71.4 Å². The molecule has 0 N–H and O–H groups in total. The number of carbonyl (C=O) groups is 1. The monoisotopic (exact) mass is 540 g/mol. The first-order valence-electron chi connectivity index (χ1n) is 14.1. The molecule has 1 amide bonds. The van der Waals surface area contributed by atoms with Gasteiger partial charge in [0.05, 0.1) is 18.3 Å². The summed E-state index contributed by atoms with van der Waals surface area (Å²) in [5.41, 5.74) is -1.58. The lowest BCUT2D eigenvalue weighted by Gasteiger charge is -2.55. The molecule has 1 atom stereocenters. The van der Waals surface area contributed by atoms with E-state index in [1.807, 2.05) is 13.8 Å². The molecular formula is C28H43F3N4O3. The van der Waals surface area contributed by atoms with Gasteiger partial charge in [-0.3, -0.25) is 19.5 Å². The molecule has 1 aliphatic carbocycles. The Bertz CT molecular complexity index is 930. The average molecular weight is 541 g/mol. The van der Waals surface area contributed by atoms with Gasteiger partial charge in [0.15, 0.2) is 0 Å². The van der Waals surface area contributed by atoms with Crippen molar-refractivity contribution in [2.45, 2.75) is 89.1 Å². The van der Waals surface area contributed by atoms with Gasteiger partial charge in [-0.1, -0.05) is 25.8 Å². The van der Waals surface area contributed by atoms with Crippen molar-refractivity contribution in [1.29, 1.82) is 0 Å². The molecule has 1 aromatic heterocycles. The summed E-state index contributed by atoms with van der Waals surface area (Å²) in [6, 6.07) is 3.82. The topological polar surface area (TPSA) is 58.1 Å². The van der Waals surface area contributed by atoms with Gasteiger partial charge in [0.25, 0.3) is 0 Å². The molecule has 2 aliphatic heterocycles. The van der Waals surface area contributed by atoms with Crippen LogP contribution in [0, 0.1) is 0 Å². The van der Waals surface area contributed by atoms with E-state index in [1.54, 1.807) is 6.92 Å². The normalized spacial score (nSPS) is 24.8. The number of anilines is 1.